The van der Waals surface area contributed by atoms with Crippen LogP contribution in [0, 0.1) is 59.2 Å². The van der Waals surface area contributed by atoms with E-state index >= 15 is 0 Å². The van der Waals surface area contributed by atoms with E-state index in [1.807, 2.05) is 0 Å². The minimum absolute atomic E-state index is 0.0652. The van der Waals surface area contributed by atoms with Gasteiger partial charge in [-0.3, -0.25) is 0 Å². The molecular formula is C54H105N3O4. The molecule has 1 saturated carbocycles. The van der Waals surface area contributed by atoms with Gasteiger partial charge >= 0.3 is 0 Å². The summed E-state index contributed by atoms with van der Waals surface area (Å²) in [7, 11) is 0. The van der Waals surface area contributed by atoms with Crippen molar-refractivity contribution in [1.29, 1.82) is 0 Å². The van der Waals surface area contributed by atoms with Crippen molar-refractivity contribution < 1.29 is 18.9 Å². The first-order chi connectivity index (χ1) is 28.8. The van der Waals surface area contributed by atoms with Crippen LogP contribution in [-0.2, 0) is 18.9 Å². The van der Waals surface area contributed by atoms with E-state index in [0.29, 0.717) is 102 Å². The van der Waals surface area contributed by atoms with E-state index in [2.05, 4.69) is 127 Å². The molecule has 0 aromatic heterocycles. The zero-order valence-electron chi connectivity index (χ0n) is 43.1. The highest BCUT2D eigenvalue weighted by atomic mass is 16.7. The second-order valence-corrected chi connectivity index (χ2v) is 24.0. The van der Waals surface area contributed by atoms with Crippen LogP contribution >= 0.6 is 0 Å². The molecule has 0 radical (unpaired) electrons. The molecule has 0 aromatic rings. The molecule has 0 aromatic carbocycles. The molecule has 0 amide bonds. The van der Waals surface area contributed by atoms with E-state index in [-0.39, 0.29) is 30.7 Å². The number of rotatable bonds is 24. The molecule has 3 heterocycles. The van der Waals surface area contributed by atoms with E-state index in [1.165, 1.54) is 25.7 Å². The number of unbranched alkanes of at least 4 members (excludes halogenated alkanes) is 4. The van der Waals surface area contributed by atoms with Crippen molar-refractivity contribution in [3.8, 4) is 0 Å². The summed E-state index contributed by atoms with van der Waals surface area (Å²) < 4.78 is 29.1. The van der Waals surface area contributed by atoms with E-state index in [4.69, 9.17) is 18.9 Å². The maximum absolute atomic E-state index is 7.55. The molecule has 4 fully saturated rings. The Bertz CT molecular complexity index is 1070. The van der Waals surface area contributed by atoms with Gasteiger partial charge in [0, 0.05) is 42.9 Å². The Kier molecular flexibility index (Phi) is 22.9. The maximum atomic E-state index is 7.55. The Morgan fingerprint density at radius 2 is 0.672 bits per heavy atom. The van der Waals surface area contributed by atoms with Gasteiger partial charge in [0.15, 0.2) is 6.29 Å². The fourth-order valence-corrected chi connectivity index (χ4v) is 11.2. The summed E-state index contributed by atoms with van der Waals surface area (Å²) >= 11 is 0. The van der Waals surface area contributed by atoms with Gasteiger partial charge in [0.05, 0.1) is 24.4 Å². The van der Waals surface area contributed by atoms with Gasteiger partial charge in [0.2, 0.25) is 0 Å². The van der Waals surface area contributed by atoms with Gasteiger partial charge in [0.25, 0.3) is 0 Å². The third kappa shape index (κ3) is 17.5. The summed E-state index contributed by atoms with van der Waals surface area (Å²) in [6, 6.07) is 2.92. The highest BCUT2D eigenvalue weighted by molar-refractivity contribution is 4.93. The van der Waals surface area contributed by atoms with Crippen molar-refractivity contribution in [3.63, 3.8) is 0 Å². The molecule has 0 bridgehead atoms. The number of hydrogen-bond acceptors (Lipinski definition) is 7. The van der Waals surface area contributed by atoms with Gasteiger partial charge < -0.3 is 34.9 Å². The van der Waals surface area contributed by atoms with Crippen molar-refractivity contribution in [1.82, 2.24) is 16.0 Å². The Balaban J connectivity index is 1.50. The lowest BCUT2D eigenvalue weighted by Gasteiger charge is -2.45. The molecule has 360 valence electrons. The first kappa shape index (κ1) is 53.3. The molecule has 3 aliphatic heterocycles. The van der Waals surface area contributed by atoms with Gasteiger partial charge in [-0.15, -0.1) is 0 Å². The molecule has 61 heavy (non-hydrogen) atoms. The lowest BCUT2D eigenvalue weighted by atomic mass is 9.71. The summed E-state index contributed by atoms with van der Waals surface area (Å²) in [6.45, 7) is 39.0. The van der Waals surface area contributed by atoms with E-state index in [1.54, 1.807) is 0 Å². The number of ether oxygens (including phenoxy) is 4. The highest BCUT2D eigenvalue weighted by Gasteiger charge is 2.41. The molecule has 9 unspecified atom stereocenters. The van der Waals surface area contributed by atoms with Crippen LogP contribution in [0.5, 0.6) is 0 Å². The molecule has 7 nitrogen and oxygen atoms in total. The number of nitrogens with one attached hydrogen (secondary N) is 3. The summed E-state index contributed by atoms with van der Waals surface area (Å²) in [6.07, 6.45) is 17.6. The first-order valence-electron chi connectivity index (χ1n) is 26.7. The van der Waals surface area contributed by atoms with E-state index in [0.717, 1.165) is 77.2 Å². The topological polar surface area (TPSA) is 73.0 Å². The Morgan fingerprint density at radius 1 is 0.344 bits per heavy atom. The predicted octanol–water partition coefficient (Wildman–Crippen LogP) is 12.6. The van der Waals surface area contributed by atoms with Gasteiger partial charge in [0.1, 0.15) is 6.10 Å². The SMILES string of the molecule is CC(C)C1CC(OC(CCCCCCCOC2CC(C(C)C)NC(C(C)C)C2)C(OC2CC(C(C)C)NC(C(C)C)C2)OC2CC(C(C)C)NC(C(C)C)C2)CC(C(C)C)C1. The molecular weight excluding hydrogens is 755 g/mol. The predicted molar refractivity (Wildman–Crippen MR) is 259 cm³/mol. The Labute approximate surface area is 379 Å². The molecule has 7 heteroatoms. The normalized spacial score (nSPS) is 34.2. The molecule has 3 saturated heterocycles. The van der Waals surface area contributed by atoms with Crippen LogP contribution in [0.15, 0.2) is 0 Å². The van der Waals surface area contributed by atoms with Crippen molar-refractivity contribution in [2.75, 3.05) is 6.61 Å². The second-order valence-electron chi connectivity index (χ2n) is 24.0. The molecule has 4 rings (SSSR count). The summed E-state index contributed by atoms with van der Waals surface area (Å²) in [5, 5.41) is 12.0. The minimum Gasteiger partial charge on any atom is -0.378 e. The lowest BCUT2D eigenvalue weighted by molar-refractivity contribution is -0.267. The number of hydrogen-bond donors (Lipinski definition) is 3. The lowest BCUT2D eigenvalue weighted by Crippen LogP contribution is -2.55. The van der Waals surface area contributed by atoms with E-state index < -0.39 is 0 Å². The van der Waals surface area contributed by atoms with Crippen LogP contribution in [0.25, 0.3) is 0 Å². The van der Waals surface area contributed by atoms with Gasteiger partial charge in [-0.2, -0.15) is 0 Å². The van der Waals surface area contributed by atoms with Crippen LogP contribution in [0.1, 0.15) is 207 Å². The quantitative estimate of drug-likeness (QED) is 0.0659. The minimum atomic E-state index is -0.355. The van der Waals surface area contributed by atoms with Crippen molar-refractivity contribution in [2.45, 2.75) is 280 Å². The largest absolute Gasteiger partial charge is 0.378 e. The summed E-state index contributed by atoms with van der Waals surface area (Å²) in [4.78, 5) is 0. The average Bonchev–Trinajstić information content (AvgIpc) is 3.20. The number of piperidine rings is 3. The fraction of sp³-hybridized carbons (Fsp3) is 1.00. The van der Waals surface area contributed by atoms with Crippen LogP contribution in [0.3, 0.4) is 0 Å². The highest BCUT2D eigenvalue weighted by Crippen LogP contribution is 2.40. The van der Waals surface area contributed by atoms with Crippen LogP contribution in [0.4, 0.5) is 0 Å². The summed E-state index contributed by atoms with van der Waals surface area (Å²) in [5.74, 6) is 6.28. The second kappa shape index (κ2) is 26.2. The van der Waals surface area contributed by atoms with Crippen LogP contribution in [-0.4, -0.2) is 79.7 Å². The van der Waals surface area contributed by atoms with Crippen molar-refractivity contribution >= 4 is 0 Å². The average molecular weight is 860 g/mol. The molecule has 1 aliphatic carbocycles. The smallest absolute Gasteiger partial charge is 0.184 e. The zero-order valence-corrected chi connectivity index (χ0v) is 43.1. The van der Waals surface area contributed by atoms with E-state index in [9.17, 15) is 0 Å². The fourth-order valence-electron chi connectivity index (χ4n) is 11.2. The Morgan fingerprint density at radius 3 is 1.03 bits per heavy atom. The molecule has 9 atom stereocenters. The zero-order chi connectivity index (χ0) is 45.0. The van der Waals surface area contributed by atoms with Crippen molar-refractivity contribution in [2.24, 2.45) is 59.2 Å². The van der Waals surface area contributed by atoms with Crippen LogP contribution in [0.2, 0.25) is 0 Å². The Hall–Kier alpha value is -0.280. The summed E-state index contributed by atoms with van der Waals surface area (Å²) in [5.41, 5.74) is 0. The maximum Gasteiger partial charge on any atom is 0.184 e. The van der Waals surface area contributed by atoms with Gasteiger partial charge in [-0.25, -0.2) is 0 Å². The third-order valence-electron chi connectivity index (χ3n) is 16.1. The van der Waals surface area contributed by atoms with Gasteiger partial charge in [-0.05, 0) is 130 Å². The monoisotopic (exact) mass is 860 g/mol. The molecule has 0 spiro atoms. The standard InChI is InChI=1S/C54H105N3O4/c1-33(2)41-24-42(34(3)4)26-44(25-41)59-53(22-20-18-17-19-21-23-58-43-27-47(35(5)6)55-48(28-43)36(7)8)54(60-45-29-49(37(9)10)56-50(30-45)38(11)12)61-46-31-51(39(13)14)57-52(32-46)40(15)16/h33-57H,17-32H2,1-16H3. The third-order valence-corrected chi connectivity index (χ3v) is 16.1. The van der Waals surface area contributed by atoms with Gasteiger partial charge in [-0.1, -0.05) is 136 Å². The molecule has 4 aliphatic rings. The van der Waals surface area contributed by atoms with Crippen LogP contribution < -0.4 is 16.0 Å². The molecule has 3 N–H and O–H groups in total. The van der Waals surface area contributed by atoms with Crippen molar-refractivity contribution in [3.05, 3.63) is 0 Å². The first-order valence-corrected chi connectivity index (χ1v) is 26.7.